The number of hydrogen-bond acceptors (Lipinski definition) is 5. The third-order valence-electron chi connectivity index (χ3n) is 4.52. The molecule has 148 valence electrons. The summed E-state index contributed by atoms with van der Waals surface area (Å²) < 4.78 is 10.3. The van der Waals surface area contributed by atoms with Crippen LogP contribution in [0.2, 0.25) is 5.02 Å². The van der Waals surface area contributed by atoms with Gasteiger partial charge in [-0.25, -0.2) is 0 Å². The molecule has 3 rings (SSSR count). The normalized spacial score (nSPS) is 16.3. The van der Waals surface area contributed by atoms with E-state index in [1.165, 1.54) is 6.26 Å². The highest BCUT2D eigenvalue weighted by molar-refractivity contribution is 6.34. The molecule has 0 bridgehead atoms. The summed E-state index contributed by atoms with van der Waals surface area (Å²) in [6.45, 7) is 3.85. The number of ether oxygens (including phenoxy) is 1. The van der Waals surface area contributed by atoms with Crippen LogP contribution in [0.1, 0.15) is 23.3 Å². The number of carbonyl (C=O) groups excluding carboxylic acids is 3. The van der Waals surface area contributed by atoms with E-state index < -0.39 is 24.4 Å². The fourth-order valence-electron chi connectivity index (χ4n) is 3.18. The highest BCUT2D eigenvalue weighted by Crippen LogP contribution is 2.27. The molecule has 1 N–H and O–H groups in total. The number of benzene rings is 1. The quantitative estimate of drug-likeness (QED) is 0.747. The van der Waals surface area contributed by atoms with Gasteiger partial charge in [-0.3, -0.25) is 14.4 Å². The number of carbonyl (C=O) groups is 3. The second-order valence-electron chi connectivity index (χ2n) is 6.85. The minimum Gasteiger partial charge on any atom is -0.467 e. The molecular formula is C20H21ClN2O5. The summed E-state index contributed by atoms with van der Waals surface area (Å²) in [4.78, 5) is 38.0. The number of aryl methyl sites for hydroxylation is 2. The van der Waals surface area contributed by atoms with Gasteiger partial charge in [-0.1, -0.05) is 17.7 Å². The summed E-state index contributed by atoms with van der Waals surface area (Å²) in [5, 5.41) is 3.08. The Morgan fingerprint density at radius 1 is 1.36 bits per heavy atom. The van der Waals surface area contributed by atoms with Crippen LogP contribution in [-0.4, -0.2) is 35.8 Å². The number of rotatable bonds is 6. The van der Waals surface area contributed by atoms with Gasteiger partial charge in [-0.2, -0.15) is 0 Å². The molecule has 1 aliphatic heterocycles. The molecule has 1 aliphatic rings. The van der Waals surface area contributed by atoms with Crippen LogP contribution in [0, 0.1) is 19.8 Å². The van der Waals surface area contributed by atoms with Crippen LogP contribution in [0.15, 0.2) is 34.9 Å². The minimum absolute atomic E-state index is 0.0596. The van der Waals surface area contributed by atoms with Gasteiger partial charge >= 0.3 is 5.97 Å². The molecule has 0 radical (unpaired) electrons. The zero-order valence-electron chi connectivity index (χ0n) is 15.7. The molecule has 7 nitrogen and oxygen atoms in total. The largest absolute Gasteiger partial charge is 0.467 e. The van der Waals surface area contributed by atoms with E-state index in [0.717, 1.165) is 11.1 Å². The van der Waals surface area contributed by atoms with E-state index in [1.807, 2.05) is 19.9 Å². The van der Waals surface area contributed by atoms with Crippen molar-refractivity contribution in [2.24, 2.45) is 5.92 Å². The summed E-state index contributed by atoms with van der Waals surface area (Å²) in [7, 11) is 0. The summed E-state index contributed by atoms with van der Waals surface area (Å²) in [6, 6.07) is 7.14. The van der Waals surface area contributed by atoms with E-state index in [9.17, 15) is 14.4 Å². The van der Waals surface area contributed by atoms with Crippen molar-refractivity contribution in [3.8, 4) is 0 Å². The minimum atomic E-state index is -0.597. The summed E-state index contributed by atoms with van der Waals surface area (Å²) in [5.41, 5.74) is 2.30. The van der Waals surface area contributed by atoms with E-state index in [4.69, 9.17) is 20.8 Å². The number of nitrogens with zero attached hydrogens (tertiary/aromatic N) is 1. The van der Waals surface area contributed by atoms with Crippen molar-refractivity contribution in [3.63, 3.8) is 0 Å². The third-order valence-corrected chi connectivity index (χ3v) is 4.81. The Morgan fingerprint density at radius 3 is 2.82 bits per heavy atom. The van der Waals surface area contributed by atoms with Gasteiger partial charge in [0.1, 0.15) is 5.76 Å². The smallest absolute Gasteiger partial charge is 0.311 e. The van der Waals surface area contributed by atoms with Crippen molar-refractivity contribution in [2.75, 3.05) is 18.5 Å². The van der Waals surface area contributed by atoms with E-state index in [2.05, 4.69) is 5.32 Å². The molecule has 1 saturated heterocycles. The summed E-state index contributed by atoms with van der Waals surface area (Å²) in [6.07, 6.45) is 1.59. The molecule has 1 fully saturated rings. The van der Waals surface area contributed by atoms with Gasteiger partial charge in [0.15, 0.2) is 6.61 Å². The summed E-state index contributed by atoms with van der Waals surface area (Å²) in [5.74, 6) is -1.16. The predicted octanol–water partition coefficient (Wildman–Crippen LogP) is 3.08. The summed E-state index contributed by atoms with van der Waals surface area (Å²) >= 11 is 6.16. The van der Waals surface area contributed by atoms with Crippen molar-refractivity contribution in [2.45, 2.75) is 26.8 Å². The molecule has 0 spiro atoms. The van der Waals surface area contributed by atoms with Gasteiger partial charge in [0.2, 0.25) is 5.91 Å². The van der Waals surface area contributed by atoms with Gasteiger partial charge in [0, 0.05) is 13.0 Å². The first kappa shape index (κ1) is 19.9. The van der Waals surface area contributed by atoms with Crippen LogP contribution >= 0.6 is 11.6 Å². The third kappa shape index (κ3) is 4.72. The molecule has 0 aliphatic carbocycles. The number of hydrogen-bond donors (Lipinski definition) is 1. The monoisotopic (exact) mass is 404 g/mol. The lowest BCUT2D eigenvalue weighted by atomic mass is 10.1. The number of amides is 2. The van der Waals surface area contributed by atoms with Crippen LogP contribution in [0.4, 0.5) is 5.69 Å². The molecular weight excluding hydrogens is 384 g/mol. The maximum Gasteiger partial charge on any atom is 0.311 e. The van der Waals surface area contributed by atoms with Crippen molar-refractivity contribution in [1.29, 1.82) is 0 Å². The molecule has 0 saturated carbocycles. The fourth-order valence-corrected chi connectivity index (χ4v) is 3.55. The van der Waals surface area contributed by atoms with Crippen molar-refractivity contribution >= 4 is 35.1 Å². The number of likely N-dealkylation sites (tertiary alicyclic amines) is 1. The molecule has 1 atom stereocenters. The first-order valence-electron chi connectivity index (χ1n) is 8.87. The van der Waals surface area contributed by atoms with Gasteiger partial charge < -0.3 is 19.4 Å². The first-order chi connectivity index (χ1) is 13.3. The number of nitrogens with one attached hydrogen (secondary N) is 1. The van der Waals surface area contributed by atoms with Gasteiger partial charge in [0.05, 0.1) is 29.4 Å². The Hall–Kier alpha value is -2.80. The van der Waals surface area contributed by atoms with Crippen molar-refractivity contribution in [3.05, 3.63) is 52.4 Å². The fraction of sp³-hybridized carbons (Fsp3) is 0.350. The second kappa shape index (κ2) is 8.48. The van der Waals surface area contributed by atoms with Gasteiger partial charge in [-0.05, 0) is 43.2 Å². The maximum absolute atomic E-state index is 12.2. The Kier molecular flexibility index (Phi) is 6.04. The second-order valence-corrected chi connectivity index (χ2v) is 7.26. The molecule has 28 heavy (non-hydrogen) atoms. The zero-order valence-corrected chi connectivity index (χ0v) is 16.4. The van der Waals surface area contributed by atoms with Gasteiger partial charge in [0.25, 0.3) is 5.91 Å². The van der Waals surface area contributed by atoms with Crippen molar-refractivity contribution < 1.29 is 23.5 Å². The molecule has 2 amide bonds. The van der Waals surface area contributed by atoms with Gasteiger partial charge in [-0.15, -0.1) is 0 Å². The molecule has 1 aromatic carbocycles. The highest BCUT2D eigenvalue weighted by atomic mass is 35.5. The molecule has 0 unspecified atom stereocenters. The highest BCUT2D eigenvalue weighted by Gasteiger charge is 2.35. The SMILES string of the molecule is Cc1cc(C)c(NC(=O)COC(=O)[C@H]2CC(=O)N(Cc3ccco3)C2)c(Cl)c1. The number of anilines is 1. The number of halogens is 1. The lowest BCUT2D eigenvalue weighted by Crippen LogP contribution is -2.28. The molecule has 2 heterocycles. The van der Waals surface area contributed by atoms with E-state index in [1.54, 1.807) is 23.1 Å². The van der Waals surface area contributed by atoms with Crippen molar-refractivity contribution in [1.82, 2.24) is 4.90 Å². The Labute approximate surface area is 167 Å². The molecule has 1 aromatic heterocycles. The van der Waals surface area contributed by atoms with Crippen LogP contribution in [0.25, 0.3) is 0 Å². The lowest BCUT2D eigenvalue weighted by molar-refractivity contribution is -0.151. The number of furan rings is 1. The van der Waals surface area contributed by atoms with Crippen LogP contribution in [0.3, 0.4) is 0 Å². The lowest BCUT2D eigenvalue weighted by Gasteiger charge is -2.15. The van der Waals surface area contributed by atoms with Crippen LogP contribution in [0.5, 0.6) is 0 Å². The average molecular weight is 405 g/mol. The number of esters is 1. The van der Waals surface area contributed by atoms with Crippen LogP contribution < -0.4 is 5.32 Å². The predicted molar refractivity (Wildman–Crippen MR) is 103 cm³/mol. The standard InChI is InChI=1S/C20H21ClN2O5/c1-12-6-13(2)19(16(21)7-12)22-17(24)11-28-20(26)14-8-18(25)23(9-14)10-15-4-3-5-27-15/h3-7,14H,8-11H2,1-2H3,(H,22,24)/t14-/m0/s1. The van der Waals surface area contributed by atoms with E-state index in [-0.39, 0.29) is 18.9 Å². The topological polar surface area (TPSA) is 88.8 Å². The Morgan fingerprint density at radius 2 is 2.14 bits per heavy atom. The molecule has 8 heteroatoms. The zero-order chi connectivity index (χ0) is 20.3. The van der Waals surface area contributed by atoms with E-state index >= 15 is 0 Å². The first-order valence-corrected chi connectivity index (χ1v) is 9.24. The maximum atomic E-state index is 12.2. The Balaban J connectivity index is 1.50. The Bertz CT molecular complexity index is 871. The molecule has 2 aromatic rings. The van der Waals surface area contributed by atoms with E-state index in [0.29, 0.717) is 23.0 Å². The average Bonchev–Trinajstić information content (AvgIpc) is 3.26. The van der Waals surface area contributed by atoms with Crippen LogP contribution in [-0.2, 0) is 25.7 Å².